The molecule has 1 N–H and O–H groups in total. The maximum Gasteiger partial charge on any atom is 0.300 e. The lowest BCUT2D eigenvalue weighted by Crippen LogP contribution is -2.20. The highest BCUT2D eigenvalue weighted by Gasteiger charge is 2.25. The molecular weight excluding hydrogens is 264 g/mol. The molecule has 1 heterocycles. The van der Waals surface area contributed by atoms with Gasteiger partial charge in [0.25, 0.3) is 0 Å². The van der Waals surface area contributed by atoms with Gasteiger partial charge in [0.1, 0.15) is 0 Å². The monoisotopic (exact) mass is 276 g/mol. The quantitative estimate of drug-likeness (QED) is 0.679. The summed E-state index contributed by atoms with van der Waals surface area (Å²) < 4.78 is 4.55. The number of amides is 1. The fourth-order valence-electron chi connectivity index (χ4n) is 2.52. The fourth-order valence-corrected chi connectivity index (χ4v) is 2.52. The minimum Gasteiger partial charge on any atom is -0.324 e. The first-order chi connectivity index (χ1) is 9.66. The van der Waals surface area contributed by atoms with Crippen LogP contribution in [-0.2, 0) is 4.79 Å². The second-order valence-corrected chi connectivity index (χ2v) is 4.82. The number of rotatable bonds is 3. The van der Waals surface area contributed by atoms with Gasteiger partial charge in [-0.3, -0.25) is 14.9 Å². The summed E-state index contributed by atoms with van der Waals surface area (Å²) in [7, 11) is 0. The number of benzene rings is 1. The molecule has 1 saturated carbocycles. The van der Waals surface area contributed by atoms with Crippen LogP contribution in [0.3, 0.4) is 0 Å². The Kier molecular flexibility index (Phi) is 3.05. The predicted octanol–water partition coefficient (Wildman–Crippen LogP) is 2.26. The number of hydrogen-bond acceptors (Lipinski definition) is 6. The molecule has 3 rings (SSSR count). The molecule has 0 unspecified atom stereocenters. The average molecular weight is 276 g/mol. The van der Waals surface area contributed by atoms with Crippen LogP contribution in [0.1, 0.15) is 25.7 Å². The van der Waals surface area contributed by atoms with E-state index in [0.29, 0.717) is 5.69 Å². The highest BCUT2D eigenvalue weighted by molar-refractivity contribution is 6.02. The number of nitrogens with zero attached hydrogens (tertiary/aromatic N) is 3. The lowest BCUT2D eigenvalue weighted by atomic mass is 10.1. The minimum atomic E-state index is -0.560. The first kappa shape index (κ1) is 12.5. The Morgan fingerprint density at radius 3 is 2.70 bits per heavy atom. The number of carbonyl (C=O) groups is 1. The van der Waals surface area contributed by atoms with Crippen LogP contribution in [0.2, 0.25) is 0 Å². The zero-order valence-electron chi connectivity index (χ0n) is 10.5. The highest BCUT2D eigenvalue weighted by Crippen LogP contribution is 2.30. The third kappa shape index (κ3) is 2.09. The molecule has 1 aliphatic carbocycles. The molecule has 0 atom stereocenters. The SMILES string of the molecule is O=C(Nc1ccc([N+](=O)[O-])c2nonc12)C1CCCC1. The maximum atomic E-state index is 12.1. The van der Waals surface area contributed by atoms with Crippen molar-refractivity contribution in [3.05, 3.63) is 22.2 Å². The standard InChI is InChI=1S/C12H12N4O4/c17-12(7-3-1-2-4-7)13-8-5-6-9(16(18)19)11-10(8)14-20-15-11/h5-7H,1-4H2,(H,13,17). The van der Waals surface area contributed by atoms with Gasteiger partial charge in [0, 0.05) is 12.0 Å². The predicted molar refractivity (Wildman–Crippen MR) is 69.0 cm³/mol. The van der Waals surface area contributed by atoms with Crippen LogP contribution in [0.25, 0.3) is 11.0 Å². The van der Waals surface area contributed by atoms with Crippen molar-refractivity contribution in [3.63, 3.8) is 0 Å². The molecule has 0 aliphatic heterocycles. The van der Waals surface area contributed by atoms with Gasteiger partial charge in [-0.15, -0.1) is 0 Å². The molecule has 104 valence electrons. The summed E-state index contributed by atoms with van der Waals surface area (Å²) >= 11 is 0. The Morgan fingerprint density at radius 2 is 2.00 bits per heavy atom. The summed E-state index contributed by atoms with van der Waals surface area (Å²) in [5.41, 5.74) is 0.439. The van der Waals surface area contributed by atoms with E-state index < -0.39 is 4.92 Å². The summed E-state index contributed by atoms with van der Waals surface area (Å²) in [6.45, 7) is 0. The molecule has 0 saturated heterocycles. The molecule has 0 radical (unpaired) electrons. The fraction of sp³-hybridized carbons (Fsp3) is 0.417. The molecule has 20 heavy (non-hydrogen) atoms. The molecule has 1 aliphatic rings. The van der Waals surface area contributed by atoms with Gasteiger partial charge in [0.15, 0.2) is 5.52 Å². The van der Waals surface area contributed by atoms with E-state index in [1.165, 1.54) is 12.1 Å². The van der Waals surface area contributed by atoms with Gasteiger partial charge in [-0.2, -0.15) is 0 Å². The summed E-state index contributed by atoms with van der Waals surface area (Å²) in [4.78, 5) is 22.4. The largest absolute Gasteiger partial charge is 0.324 e. The van der Waals surface area contributed by atoms with Crippen molar-refractivity contribution in [2.45, 2.75) is 25.7 Å². The van der Waals surface area contributed by atoms with Crippen molar-refractivity contribution in [2.75, 3.05) is 5.32 Å². The lowest BCUT2D eigenvalue weighted by Gasteiger charge is -2.10. The summed E-state index contributed by atoms with van der Waals surface area (Å²) in [6, 6.07) is 2.74. The maximum absolute atomic E-state index is 12.1. The van der Waals surface area contributed by atoms with Gasteiger partial charge in [0.2, 0.25) is 11.4 Å². The van der Waals surface area contributed by atoms with E-state index in [1.54, 1.807) is 0 Å². The van der Waals surface area contributed by atoms with Gasteiger partial charge in [-0.25, -0.2) is 4.63 Å². The number of non-ortho nitro benzene ring substituents is 1. The Hall–Kier alpha value is -2.51. The van der Waals surface area contributed by atoms with E-state index >= 15 is 0 Å². The number of hydrogen-bond donors (Lipinski definition) is 1. The van der Waals surface area contributed by atoms with Crippen molar-refractivity contribution >= 4 is 28.3 Å². The molecule has 2 aromatic rings. The number of nitro groups is 1. The van der Waals surface area contributed by atoms with Crippen LogP contribution in [0.4, 0.5) is 11.4 Å². The van der Waals surface area contributed by atoms with Crippen LogP contribution in [0, 0.1) is 16.0 Å². The summed E-state index contributed by atoms with van der Waals surface area (Å²) in [6.07, 6.45) is 3.86. The van der Waals surface area contributed by atoms with Crippen LogP contribution in [0.5, 0.6) is 0 Å². The van der Waals surface area contributed by atoms with Crippen LogP contribution < -0.4 is 5.32 Å². The van der Waals surface area contributed by atoms with Gasteiger partial charge in [-0.1, -0.05) is 12.8 Å². The van der Waals surface area contributed by atoms with Crippen LogP contribution >= 0.6 is 0 Å². The van der Waals surface area contributed by atoms with Gasteiger partial charge in [0.05, 0.1) is 10.6 Å². The van der Waals surface area contributed by atoms with Crippen molar-refractivity contribution in [3.8, 4) is 0 Å². The summed E-state index contributed by atoms with van der Waals surface area (Å²) in [5.74, 6) is -0.0826. The third-order valence-corrected chi connectivity index (χ3v) is 3.57. The van der Waals surface area contributed by atoms with Crippen LogP contribution in [-0.4, -0.2) is 21.1 Å². The van der Waals surface area contributed by atoms with E-state index in [4.69, 9.17) is 0 Å². The molecule has 8 nitrogen and oxygen atoms in total. The van der Waals surface area contributed by atoms with Crippen molar-refractivity contribution in [2.24, 2.45) is 5.92 Å². The normalized spacial score (nSPS) is 15.6. The summed E-state index contributed by atoms with van der Waals surface area (Å²) in [5, 5.41) is 20.8. The Bertz CT molecular complexity index is 675. The third-order valence-electron chi connectivity index (χ3n) is 3.57. The zero-order chi connectivity index (χ0) is 14.1. The van der Waals surface area contributed by atoms with E-state index in [0.717, 1.165) is 25.7 Å². The van der Waals surface area contributed by atoms with Crippen LogP contribution in [0.15, 0.2) is 16.8 Å². The molecule has 0 bridgehead atoms. The van der Waals surface area contributed by atoms with Gasteiger partial charge < -0.3 is 5.32 Å². The molecule has 8 heteroatoms. The number of anilines is 1. The smallest absolute Gasteiger partial charge is 0.300 e. The molecule has 1 aromatic carbocycles. The second-order valence-electron chi connectivity index (χ2n) is 4.82. The van der Waals surface area contributed by atoms with Gasteiger partial charge >= 0.3 is 5.69 Å². The Morgan fingerprint density at radius 1 is 1.30 bits per heavy atom. The molecular formula is C12H12N4O4. The van der Waals surface area contributed by atoms with E-state index in [2.05, 4.69) is 20.3 Å². The average Bonchev–Trinajstić information content (AvgIpc) is 3.10. The molecule has 0 spiro atoms. The minimum absolute atomic E-state index is 0.0000946. The van der Waals surface area contributed by atoms with Gasteiger partial charge in [-0.05, 0) is 29.2 Å². The second kappa shape index (κ2) is 4.87. The first-order valence-corrected chi connectivity index (χ1v) is 6.37. The number of nitrogens with one attached hydrogen (secondary N) is 1. The molecule has 1 fully saturated rings. The first-order valence-electron chi connectivity index (χ1n) is 6.37. The van der Waals surface area contributed by atoms with E-state index in [-0.39, 0.29) is 28.5 Å². The number of aromatic nitrogens is 2. The Balaban J connectivity index is 1.92. The number of carbonyl (C=O) groups excluding carboxylic acids is 1. The van der Waals surface area contributed by atoms with Crippen molar-refractivity contribution in [1.82, 2.24) is 10.3 Å². The molecule has 1 aromatic heterocycles. The molecule has 1 amide bonds. The van der Waals surface area contributed by atoms with Crippen molar-refractivity contribution < 1.29 is 14.3 Å². The van der Waals surface area contributed by atoms with E-state index in [1.807, 2.05) is 0 Å². The lowest BCUT2D eigenvalue weighted by molar-refractivity contribution is -0.383. The van der Waals surface area contributed by atoms with E-state index in [9.17, 15) is 14.9 Å². The number of nitro benzene ring substituents is 1. The number of fused-ring (bicyclic) bond motifs is 1. The van der Waals surface area contributed by atoms with Crippen molar-refractivity contribution in [1.29, 1.82) is 0 Å². The Labute approximate surface area is 113 Å². The highest BCUT2D eigenvalue weighted by atomic mass is 16.6. The zero-order valence-corrected chi connectivity index (χ0v) is 10.5. The topological polar surface area (TPSA) is 111 Å².